The first-order valence-corrected chi connectivity index (χ1v) is 9.26. The summed E-state index contributed by atoms with van der Waals surface area (Å²) in [6.45, 7) is 7.70. The highest BCUT2D eigenvalue weighted by molar-refractivity contribution is 7.91. The van der Waals surface area contributed by atoms with Gasteiger partial charge >= 0.3 is 0 Å². The minimum absolute atomic E-state index is 0.136. The number of nitrogens with zero attached hydrogens (tertiary/aromatic N) is 3. The largest absolute Gasteiger partial charge is 0.591 e. The predicted molar refractivity (Wildman–Crippen MR) is 98.3 cm³/mol. The van der Waals surface area contributed by atoms with Gasteiger partial charge in [0, 0.05) is 23.3 Å². The van der Waals surface area contributed by atoms with E-state index in [0.29, 0.717) is 11.0 Å². The lowest BCUT2D eigenvalue weighted by Gasteiger charge is -2.18. The molecule has 0 spiro atoms. The van der Waals surface area contributed by atoms with E-state index in [1.54, 1.807) is 24.7 Å². The zero-order valence-electron chi connectivity index (χ0n) is 14.2. The molecule has 1 aliphatic rings. The molecular weight excluding hydrogens is 346 g/mol. The molecule has 2 heterocycles. The van der Waals surface area contributed by atoms with Crippen molar-refractivity contribution < 1.29 is 9.29 Å². The lowest BCUT2D eigenvalue weighted by Crippen LogP contribution is -2.25. The molecule has 128 valence electrons. The molecule has 2 aromatic rings. The van der Waals surface area contributed by atoms with Gasteiger partial charge in [-0.25, -0.2) is 9.97 Å². The summed E-state index contributed by atoms with van der Waals surface area (Å²) in [5.74, 6) is 0.545. The Morgan fingerprint density at radius 3 is 2.62 bits per heavy atom. The maximum Gasteiger partial charge on any atom is 0.223 e. The third kappa shape index (κ3) is 3.82. The van der Waals surface area contributed by atoms with Crippen molar-refractivity contribution in [2.75, 3.05) is 0 Å². The van der Waals surface area contributed by atoms with E-state index in [4.69, 9.17) is 16.3 Å². The predicted octanol–water partition coefficient (Wildman–Crippen LogP) is 4.10. The zero-order chi connectivity index (χ0) is 17.5. The fourth-order valence-corrected chi connectivity index (χ4v) is 2.75. The molecule has 0 aromatic carbocycles. The number of fused-ring (bicyclic) bond motifs is 1. The first-order valence-electron chi connectivity index (χ1n) is 7.77. The molecule has 7 heteroatoms. The molecular formula is C17H20ClN3O2S. The van der Waals surface area contributed by atoms with Crippen LogP contribution in [0.15, 0.2) is 22.9 Å². The number of ether oxygens (including phenoxy) is 1. The van der Waals surface area contributed by atoms with Crippen molar-refractivity contribution in [3.8, 4) is 5.88 Å². The van der Waals surface area contributed by atoms with Gasteiger partial charge in [0.2, 0.25) is 5.88 Å². The lowest BCUT2D eigenvalue weighted by molar-refractivity contribution is 0.194. The molecule has 1 aliphatic carbocycles. The first-order chi connectivity index (χ1) is 11.2. The molecule has 0 saturated heterocycles. The quantitative estimate of drug-likeness (QED) is 0.464. The number of rotatable bonds is 4. The maximum atomic E-state index is 12.1. The Hall–Kier alpha value is -1.37. The monoisotopic (exact) mass is 365 g/mol. The van der Waals surface area contributed by atoms with Crippen LogP contribution in [0.5, 0.6) is 5.88 Å². The molecule has 1 saturated carbocycles. The highest BCUT2D eigenvalue weighted by Crippen LogP contribution is 2.41. The van der Waals surface area contributed by atoms with E-state index < -0.39 is 16.1 Å². The van der Waals surface area contributed by atoms with Crippen LogP contribution in [0.3, 0.4) is 0 Å². The van der Waals surface area contributed by atoms with Gasteiger partial charge in [-0.2, -0.15) is 0 Å². The molecule has 3 rings (SSSR count). The first kappa shape index (κ1) is 17.5. The van der Waals surface area contributed by atoms with E-state index >= 15 is 0 Å². The van der Waals surface area contributed by atoms with Gasteiger partial charge < -0.3 is 9.29 Å². The Labute approximate surface area is 149 Å². The standard InChI is InChI=1S/C17H20ClN3O2S/c1-16(2,3)24(22)21-9-11-8-20-15(23-17(4)5-6-17)13-10-19-14(18)7-12(11)13/h7-10H,5-6H2,1-4H3/b21-9+/t24-/m0/s1. The second kappa shape index (κ2) is 6.17. The van der Waals surface area contributed by atoms with Crippen molar-refractivity contribution in [2.45, 2.75) is 50.9 Å². The number of hydrogen-bond donors (Lipinski definition) is 0. The van der Waals surface area contributed by atoms with E-state index in [1.165, 1.54) is 0 Å². The van der Waals surface area contributed by atoms with E-state index in [0.717, 1.165) is 29.2 Å². The summed E-state index contributed by atoms with van der Waals surface area (Å²) >= 11 is 4.71. The van der Waals surface area contributed by atoms with E-state index in [-0.39, 0.29) is 5.60 Å². The molecule has 0 amide bonds. The van der Waals surface area contributed by atoms with Crippen LogP contribution < -0.4 is 4.74 Å². The molecule has 0 aliphatic heterocycles. The van der Waals surface area contributed by atoms with Gasteiger partial charge in [-0.15, -0.1) is 0 Å². The van der Waals surface area contributed by atoms with Gasteiger partial charge in [0.15, 0.2) is 0 Å². The molecule has 24 heavy (non-hydrogen) atoms. The molecule has 5 nitrogen and oxygen atoms in total. The smallest absolute Gasteiger partial charge is 0.223 e. The van der Waals surface area contributed by atoms with Crippen LogP contribution in [0.1, 0.15) is 46.1 Å². The minimum atomic E-state index is -1.34. The fraction of sp³-hybridized carbons (Fsp3) is 0.471. The van der Waals surface area contributed by atoms with Crippen molar-refractivity contribution in [1.82, 2.24) is 9.97 Å². The van der Waals surface area contributed by atoms with Gasteiger partial charge in [-0.05, 0) is 46.6 Å². The average Bonchev–Trinajstić information content (AvgIpc) is 3.22. The lowest BCUT2D eigenvalue weighted by atomic mass is 10.1. The summed E-state index contributed by atoms with van der Waals surface area (Å²) in [6, 6.07) is 1.75. The third-order valence-electron chi connectivity index (χ3n) is 3.84. The second-order valence-corrected chi connectivity index (χ2v) is 9.54. The molecule has 0 radical (unpaired) electrons. The summed E-state index contributed by atoms with van der Waals surface area (Å²) in [7, 11) is 0. The molecule has 0 N–H and O–H groups in total. The second-order valence-electron chi connectivity index (χ2n) is 7.22. The van der Waals surface area contributed by atoms with Gasteiger partial charge in [0.1, 0.15) is 26.9 Å². The summed E-state index contributed by atoms with van der Waals surface area (Å²) in [4.78, 5) is 8.54. The Balaban J connectivity index is 2.01. The Kier molecular flexibility index (Phi) is 4.49. The summed E-state index contributed by atoms with van der Waals surface area (Å²) in [5.41, 5.74) is 0.600. The molecule has 0 bridgehead atoms. The highest BCUT2D eigenvalue weighted by Gasteiger charge is 2.40. The molecule has 1 atom stereocenters. The maximum absolute atomic E-state index is 12.1. The van der Waals surface area contributed by atoms with Gasteiger partial charge in [-0.1, -0.05) is 16.0 Å². The third-order valence-corrected chi connectivity index (χ3v) is 5.39. The van der Waals surface area contributed by atoms with Crippen LogP contribution in [0.25, 0.3) is 10.8 Å². The van der Waals surface area contributed by atoms with Crippen molar-refractivity contribution in [3.63, 3.8) is 0 Å². The normalized spacial score (nSPS) is 18.1. The zero-order valence-corrected chi connectivity index (χ0v) is 15.7. The van der Waals surface area contributed by atoms with Crippen molar-refractivity contribution in [2.24, 2.45) is 4.40 Å². The Bertz CT molecular complexity index is 800. The van der Waals surface area contributed by atoms with Crippen LogP contribution in [0.4, 0.5) is 0 Å². The highest BCUT2D eigenvalue weighted by atomic mass is 35.5. The van der Waals surface area contributed by atoms with Gasteiger partial charge in [0.05, 0.1) is 11.6 Å². The minimum Gasteiger partial charge on any atom is -0.591 e. The summed E-state index contributed by atoms with van der Waals surface area (Å²) < 4.78 is 21.9. The van der Waals surface area contributed by atoms with E-state index in [1.807, 2.05) is 20.8 Å². The Morgan fingerprint density at radius 2 is 2.00 bits per heavy atom. The van der Waals surface area contributed by atoms with Crippen LogP contribution in [0.2, 0.25) is 5.15 Å². The number of halogens is 1. The van der Waals surface area contributed by atoms with Crippen LogP contribution >= 0.6 is 11.6 Å². The molecule has 1 fully saturated rings. The van der Waals surface area contributed by atoms with E-state index in [9.17, 15) is 4.55 Å². The SMILES string of the molecule is CC1(Oc2ncc(/C=N/[S@@+]([O-])C(C)(C)C)c3cc(Cl)ncc23)CC1. The van der Waals surface area contributed by atoms with Crippen LogP contribution in [-0.2, 0) is 11.4 Å². The van der Waals surface area contributed by atoms with Crippen molar-refractivity contribution in [3.05, 3.63) is 29.2 Å². The Morgan fingerprint density at radius 1 is 1.29 bits per heavy atom. The summed E-state index contributed by atoms with van der Waals surface area (Å²) in [5, 5.41) is 1.99. The van der Waals surface area contributed by atoms with Crippen LogP contribution in [-0.4, -0.2) is 31.1 Å². The molecule has 2 aromatic heterocycles. The number of aromatic nitrogens is 2. The van der Waals surface area contributed by atoms with Gasteiger partial charge in [0.25, 0.3) is 0 Å². The van der Waals surface area contributed by atoms with Crippen LogP contribution in [0, 0.1) is 0 Å². The number of pyridine rings is 2. The topological polar surface area (TPSA) is 70.4 Å². The fourth-order valence-electron chi connectivity index (χ4n) is 2.06. The number of hydrogen-bond acceptors (Lipinski definition) is 5. The van der Waals surface area contributed by atoms with Crippen molar-refractivity contribution in [1.29, 1.82) is 0 Å². The van der Waals surface area contributed by atoms with Crippen molar-refractivity contribution >= 4 is 39.9 Å². The van der Waals surface area contributed by atoms with E-state index in [2.05, 4.69) is 21.3 Å². The van der Waals surface area contributed by atoms with Gasteiger partial charge in [-0.3, -0.25) is 0 Å². The molecule has 0 unspecified atom stereocenters. The summed E-state index contributed by atoms with van der Waals surface area (Å²) in [6.07, 6.45) is 6.94. The average molecular weight is 366 g/mol.